The van der Waals surface area contributed by atoms with E-state index in [-0.39, 0.29) is 0 Å². The van der Waals surface area contributed by atoms with Gasteiger partial charge in [0.1, 0.15) is 5.52 Å². The number of nitrogens with two attached hydrogens (primary N) is 1. The summed E-state index contributed by atoms with van der Waals surface area (Å²) >= 11 is 6.10. The van der Waals surface area contributed by atoms with Crippen molar-refractivity contribution in [3.05, 3.63) is 28.9 Å². The van der Waals surface area contributed by atoms with Crippen molar-refractivity contribution >= 4 is 22.5 Å². The normalized spacial score (nSPS) is 11.0. The Morgan fingerprint density at radius 2 is 2.31 bits per heavy atom. The Hall–Kier alpha value is -1.06. The van der Waals surface area contributed by atoms with Crippen LogP contribution in [-0.2, 0) is 13.6 Å². The van der Waals surface area contributed by atoms with Crippen molar-refractivity contribution in [3.63, 3.8) is 0 Å². The fraction of sp³-hybridized carbons (Fsp3) is 0.222. The van der Waals surface area contributed by atoms with Crippen molar-refractivity contribution in [1.82, 2.24) is 9.78 Å². The van der Waals surface area contributed by atoms with Crippen molar-refractivity contribution in [2.75, 3.05) is 0 Å². The molecule has 0 saturated heterocycles. The molecule has 0 fully saturated rings. The first kappa shape index (κ1) is 8.53. The summed E-state index contributed by atoms with van der Waals surface area (Å²) in [6.07, 6.45) is 1.93. The standard InChI is InChI=1S/C9H10ClN3/c1-13-5-7-3-2-6(4-11)8(10)9(7)12-13/h2-3,5H,4,11H2,1H3. The number of aryl methyl sites for hydroxylation is 1. The van der Waals surface area contributed by atoms with Crippen LogP contribution < -0.4 is 5.73 Å². The largest absolute Gasteiger partial charge is 0.326 e. The number of hydrogen-bond donors (Lipinski definition) is 1. The second kappa shape index (κ2) is 3.01. The molecule has 0 unspecified atom stereocenters. The van der Waals surface area contributed by atoms with Gasteiger partial charge in [0.25, 0.3) is 0 Å². The first-order valence-corrected chi connectivity index (χ1v) is 4.41. The van der Waals surface area contributed by atoms with Gasteiger partial charge in [0, 0.05) is 25.2 Å². The Labute approximate surface area is 81.1 Å². The first-order valence-electron chi connectivity index (χ1n) is 4.03. The molecule has 1 heterocycles. The smallest absolute Gasteiger partial charge is 0.111 e. The highest BCUT2D eigenvalue weighted by atomic mass is 35.5. The maximum Gasteiger partial charge on any atom is 0.111 e. The van der Waals surface area contributed by atoms with Crippen LogP contribution >= 0.6 is 11.6 Å². The Morgan fingerprint density at radius 1 is 1.54 bits per heavy atom. The molecule has 3 nitrogen and oxygen atoms in total. The maximum atomic E-state index is 6.10. The summed E-state index contributed by atoms with van der Waals surface area (Å²) in [5, 5.41) is 5.96. The van der Waals surface area contributed by atoms with Gasteiger partial charge in [-0.05, 0) is 5.56 Å². The zero-order valence-corrected chi connectivity index (χ0v) is 8.04. The minimum atomic E-state index is 0.450. The zero-order chi connectivity index (χ0) is 9.42. The Kier molecular flexibility index (Phi) is 1.98. The van der Waals surface area contributed by atoms with Gasteiger partial charge >= 0.3 is 0 Å². The van der Waals surface area contributed by atoms with Crippen LogP contribution in [0.4, 0.5) is 0 Å². The molecule has 0 bridgehead atoms. The van der Waals surface area contributed by atoms with Gasteiger partial charge in [-0.15, -0.1) is 0 Å². The van der Waals surface area contributed by atoms with Crippen LogP contribution in [0.5, 0.6) is 0 Å². The summed E-state index contributed by atoms with van der Waals surface area (Å²) < 4.78 is 1.75. The minimum absolute atomic E-state index is 0.450. The molecule has 1 aromatic heterocycles. The van der Waals surface area contributed by atoms with Crippen LogP contribution in [-0.4, -0.2) is 9.78 Å². The van der Waals surface area contributed by atoms with E-state index in [0.29, 0.717) is 11.6 Å². The minimum Gasteiger partial charge on any atom is -0.326 e. The van der Waals surface area contributed by atoms with Gasteiger partial charge in [-0.1, -0.05) is 23.7 Å². The maximum absolute atomic E-state index is 6.10. The molecule has 0 atom stereocenters. The van der Waals surface area contributed by atoms with Crippen LogP contribution in [0.25, 0.3) is 10.9 Å². The number of benzene rings is 1. The SMILES string of the molecule is Cn1cc2ccc(CN)c(Cl)c2n1. The highest BCUT2D eigenvalue weighted by molar-refractivity contribution is 6.35. The van der Waals surface area contributed by atoms with Crippen molar-refractivity contribution in [3.8, 4) is 0 Å². The van der Waals surface area contributed by atoms with Crippen LogP contribution in [0.1, 0.15) is 5.56 Å². The highest BCUT2D eigenvalue weighted by Crippen LogP contribution is 2.25. The molecule has 68 valence electrons. The summed E-state index contributed by atoms with van der Waals surface area (Å²) in [4.78, 5) is 0. The van der Waals surface area contributed by atoms with Crippen LogP contribution in [0.2, 0.25) is 5.02 Å². The quantitative estimate of drug-likeness (QED) is 0.753. The fourth-order valence-electron chi connectivity index (χ4n) is 1.37. The monoisotopic (exact) mass is 195 g/mol. The lowest BCUT2D eigenvalue weighted by atomic mass is 10.2. The predicted molar refractivity (Wildman–Crippen MR) is 53.6 cm³/mol. The summed E-state index contributed by atoms with van der Waals surface area (Å²) in [7, 11) is 1.87. The van der Waals surface area contributed by atoms with E-state index in [1.54, 1.807) is 4.68 Å². The topological polar surface area (TPSA) is 43.8 Å². The van der Waals surface area contributed by atoms with Crippen molar-refractivity contribution < 1.29 is 0 Å². The number of aromatic nitrogens is 2. The van der Waals surface area contributed by atoms with Gasteiger partial charge in [-0.25, -0.2) is 0 Å². The summed E-state index contributed by atoms with van der Waals surface area (Å²) in [5.41, 5.74) is 7.29. The summed E-state index contributed by atoms with van der Waals surface area (Å²) in [5.74, 6) is 0. The number of hydrogen-bond acceptors (Lipinski definition) is 2. The first-order chi connectivity index (χ1) is 6.22. The molecule has 2 N–H and O–H groups in total. The third kappa shape index (κ3) is 1.30. The molecular weight excluding hydrogens is 186 g/mol. The van der Waals surface area contributed by atoms with E-state index in [4.69, 9.17) is 17.3 Å². The van der Waals surface area contributed by atoms with E-state index in [2.05, 4.69) is 5.10 Å². The average molecular weight is 196 g/mol. The van der Waals surface area contributed by atoms with Gasteiger partial charge in [-0.3, -0.25) is 4.68 Å². The van der Waals surface area contributed by atoms with E-state index in [0.717, 1.165) is 16.5 Å². The summed E-state index contributed by atoms with van der Waals surface area (Å²) in [6.45, 7) is 0.450. The van der Waals surface area contributed by atoms with E-state index in [1.807, 2.05) is 25.4 Å². The highest BCUT2D eigenvalue weighted by Gasteiger charge is 2.06. The molecule has 4 heteroatoms. The van der Waals surface area contributed by atoms with Crippen molar-refractivity contribution in [1.29, 1.82) is 0 Å². The molecule has 0 radical (unpaired) electrons. The van der Waals surface area contributed by atoms with Gasteiger partial charge in [0.05, 0.1) is 5.02 Å². The lowest BCUT2D eigenvalue weighted by Crippen LogP contribution is -1.97. The molecule has 0 aliphatic carbocycles. The number of halogens is 1. The van der Waals surface area contributed by atoms with Gasteiger partial charge < -0.3 is 5.73 Å². The third-order valence-corrected chi connectivity index (χ3v) is 2.45. The molecule has 0 spiro atoms. The molecular formula is C9H10ClN3. The molecule has 0 amide bonds. The number of rotatable bonds is 1. The molecule has 0 saturated carbocycles. The van der Waals surface area contributed by atoms with Crippen molar-refractivity contribution in [2.24, 2.45) is 12.8 Å². The Balaban J connectivity index is 2.78. The fourth-order valence-corrected chi connectivity index (χ4v) is 1.66. The molecule has 0 aliphatic heterocycles. The molecule has 13 heavy (non-hydrogen) atoms. The van der Waals surface area contributed by atoms with E-state index >= 15 is 0 Å². The Morgan fingerprint density at radius 3 is 3.00 bits per heavy atom. The predicted octanol–water partition coefficient (Wildman–Crippen LogP) is 1.69. The van der Waals surface area contributed by atoms with Gasteiger partial charge in [-0.2, -0.15) is 5.10 Å². The second-order valence-corrected chi connectivity index (χ2v) is 3.36. The van der Waals surface area contributed by atoms with Crippen molar-refractivity contribution in [2.45, 2.75) is 6.54 Å². The second-order valence-electron chi connectivity index (χ2n) is 2.98. The molecule has 0 aliphatic rings. The van der Waals surface area contributed by atoms with Crippen LogP contribution in [0, 0.1) is 0 Å². The van der Waals surface area contributed by atoms with E-state index < -0.39 is 0 Å². The lowest BCUT2D eigenvalue weighted by Gasteiger charge is -1.99. The van der Waals surface area contributed by atoms with Crippen LogP contribution in [0.3, 0.4) is 0 Å². The van der Waals surface area contributed by atoms with E-state index in [1.165, 1.54) is 0 Å². The zero-order valence-electron chi connectivity index (χ0n) is 7.29. The average Bonchev–Trinajstić information content (AvgIpc) is 2.47. The molecule has 1 aromatic carbocycles. The molecule has 2 aromatic rings. The Bertz CT molecular complexity index is 447. The lowest BCUT2D eigenvalue weighted by molar-refractivity contribution is 0.779. The van der Waals surface area contributed by atoms with Gasteiger partial charge in [0.2, 0.25) is 0 Å². The number of nitrogens with zero attached hydrogens (tertiary/aromatic N) is 2. The third-order valence-electron chi connectivity index (χ3n) is 2.03. The molecule has 2 rings (SSSR count). The van der Waals surface area contributed by atoms with E-state index in [9.17, 15) is 0 Å². The summed E-state index contributed by atoms with van der Waals surface area (Å²) in [6, 6.07) is 3.92. The van der Waals surface area contributed by atoms with Crippen LogP contribution in [0.15, 0.2) is 18.3 Å². The van der Waals surface area contributed by atoms with Gasteiger partial charge in [0.15, 0.2) is 0 Å². The number of fused-ring (bicyclic) bond motifs is 1.